The predicted molar refractivity (Wildman–Crippen MR) is 124 cm³/mol. The van der Waals surface area contributed by atoms with E-state index in [9.17, 15) is 9.59 Å². The van der Waals surface area contributed by atoms with Gasteiger partial charge in [0.25, 0.3) is 11.8 Å². The van der Waals surface area contributed by atoms with Gasteiger partial charge in [0.1, 0.15) is 5.70 Å². The summed E-state index contributed by atoms with van der Waals surface area (Å²) in [7, 11) is 0. The van der Waals surface area contributed by atoms with Crippen molar-refractivity contribution in [3.05, 3.63) is 93.1 Å². The highest BCUT2D eigenvalue weighted by Gasteiger charge is 2.19. The normalized spacial score (nSPS) is 12.4. The maximum Gasteiger partial charge on any atom is 0.272 e. The van der Waals surface area contributed by atoms with Crippen molar-refractivity contribution >= 4 is 46.8 Å². The van der Waals surface area contributed by atoms with Gasteiger partial charge in [-0.05, 0) is 66.6 Å². The second-order valence-electron chi connectivity index (χ2n) is 7.02. The van der Waals surface area contributed by atoms with E-state index in [0.29, 0.717) is 27.8 Å². The summed E-state index contributed by atoms with van der Waals surface area (Å²) in [6.07, 6.45) is 1.55. The monoisotopic (exact) mass is 468 g/mol. The Morgan fingerprint density at radius 3 is 2.53 bits per heavy atom. The standard InChI is InChI=1S/C24H18Cl2N2O4/c1-14-10-16(25)7-8-19(14)27-24(30)20(28-23(29)17-4-2-3-5-18(17)26)11-15-6-9-21-22(12-15)32-13-31-21/h2-12H,13H2,1H3,(H,27,30)(H,28,29)/b20-11+. The number of aryl methyl sites for hydroxylation is 1. The van der Waals surface area contributed by atoms with E-state index in [1.54, 1.807) is 66.7 Å². The van der Waals surface area contributed by atoms with Gasteiger partial charge in [-0.2, -0.15) is 0 Å². The molecule has 1 heterocycles. The smallest absolute Gasteiger partial charge is 0.272 e. The van der Waals surface area contributed by atoms with Crippen LogP contribution in [0.15, 0.2) is 66.4 Å². The average Bonchev–Trinajstić information content (AvgIpc) is 3.23. The van der Waals surface area contributed by atoms with Crippen LogP contribution in [0.5, 0.6) is 11.5 Å². The van der Waals surface area contributed by atoms with Crippen molar-refractivity contribution in [3.63, 3.8) is 0 Å². The zero-order chi connectivity index (χ0) is 22.7. The molecule has 3 aromatic rings. The van der Waals surface area contributed by atoms with E-state index in [1.807, 2.05) is 6.92 Å². The number of fused-ring (bicyclic) bond motifs is 1. The van der Waals surface area contributed by atoms with Crippen LogP contribution in [0.4, 0.5) is 5.69 Å². The van der Waals surface area contributed by atoms with Crippen molar-refractivity contribution in [2.75, 3.05) is 12.1 Å². The molecule has 2 N–H and O–H groups in total. The Bertz CT molecular complexity index is 1240. The van der Waals surface area contributed by atoms with Gasteiger partial charge in [0.05, 0.1) is 10.6 Å². The highest BCUT2D eigenvalue weighted by atomic mass is 35.5. The van der Waals surface area contributed by atoms with Gasteiger partial charge < -0.3 is 20.1 Å². The topological polar surface area (TPSA) is 76.7 Å². The first-order valence-electron chi connectivity index (χ1n) is 9.65. The van der Waals surface area contributed by atoms with Crippen LogP contribution < -0.4 is 20.1 Å². The molecule has 162 valence electrons. The molecule has 6 nitrogen and oxygen atoms in total. The molecule has 0 bridgehead atoms. The summed E-state index contributed by atoms with van der Waals surface area (Å²) in [4.78, 5) is 26.0. The maximum absolute atomic E-state index is 13.1. The lowest BCUT2D eigenvalue weighted by Gasteiger charge is -2.13. The Hall–Kier alpha value is -3.48. The Morgan fingerprint density at radius 2 is 1.75 bits per heavy atom. The molecule has 1 aliphatic heterocycles. The molecule has 8 heteroatoms. The quantitative estimate of drug-likeness (QED) is 0.488. The number of amides is 2. The van der Waals surface area contributed by atoms with Gasteiger partial charge in [-0.3, -0.25) is 9.59 Å². The summed E-state index contributed by atoms with van der Waals surface area (Å²) in [6, 6.07) is 16.9. The molecule has 0 saturated heterocycles. The minimum Gasteiger partial charge on any atom is -0.454 e. The zero-order valence-corrected chi connectivity index (χ0v) is 18.5. The highest BCUT2D eigenvalue weighted by molar-refractivity contribution is 6.34. The minimum atomic E-state index is -0.509. The van der Waals surface area contributed by atoms with Gasteiger partial charge >= 0.3 is 0 Å². The molecule has 0 aromatic heterocycles. The third kappa shape index (κ3) is 4.88. The number of halogens is 2. The van der Waals surface area contributed by atoms with E-state index in [-0.39, 0.29) is 23.1 Å². The molecule has 3 aromatic carbocycles. The highest BCUT2D eigenvalue weighted by Crippen LogP contribution is 2.33. The number of carbonyl (C=O) groups excluding carboxylic acids is 2. The van der Waals surface area contributed by atoms with Crippen LogP contribution in [0.1, 0.15) is 21.5 Å². The number of ether oxygens (including phenoxy) is 2. The first kappa shape index (κ1) is 21.7. The van der Waals surface area contributed by atoms with E-state index in [1.165, 1.54) is 0 Å². The van der Waals surface area contributed by atoms with E-state index in [4.69, 9.17) is 32.7 Å². The van der Waals surface area contributed by atoms with Crippen LogP contribution in [0.3, 0.4) is 0 Å². The number of nitrogens with one attached hydrogen (secondary N) is 2. The largest absolute Gasteiger partial charge is 0.454 e. The van der Waals surface area contributed by atoms with Crippen molar-refractivity contribution in [2.45, 2.75) is 6.92 Å². The number of benzene rings is 3. The first-order chi connectivity index (χ1) is 15.4. The van der Waals surface area contributed by atoms with Crippen LogP contribution in [-0.4, -0.2) is 18.6 Å². The second-order valence-corrected chi connectivity index (χ2v) is 7.86. The summed E-state index contributed by atoms with van der Waals surface area (Å²) in [5.41, 5.74) is 2.28. The van der Waals surface area contributed by atoms with Crippen LogP contribution >= 0.6 is 23.2 Å². The lowest BCUT2D eigenvalue weighted by Crippen LogP contribution is -2.31. The molecular formula is C24H18Cl2N2O4. The molecule has 0 unspecified atom stereocenters. The average molecular weight is 469 g/mol. The van der Waals surface area contributed by atoms with Gasteiger partial charge in [-0.15, -0.1) is 0 Å². The van der Waals surface area contributed by atoms with Crippen molar-refractivity contribution in [2.24, 2.45) is 0 Å². The molecule has 0 spiro atoms. The summed E-state index contributed by atoms with van der Waals surface area (Å²) in [6.45, 7) is 1.96. The molecule has 32 heavy (non-hydrogen) atoms. The summed E-state index contributed by atoms with van der Waals surface area (Å²) in [5.74, 6) is 0.161. The van der Waals surface area contributed by atoms with Gasteiger partial charge in [-0.25, -0.2) is 0 Å². The third-order valence-corrected chi connectivity index (χ3v) is 5.32. The summed E-state index contributed by atoms with van der Waals surface area (Å²) in [5, 5.41) is 6.32. The molecule has 1 aliphatic rings. The number of anilines is 1. The second kappa shape index (κ2) is 9.34. The van der Waals surface area contributed by atoms with Crippen molar-refractivity contribution in [3.8, 4) is 11.5 Å². The fourth-order valence-electron chi connectivity index (χ4n) is 3.12. The van der Waals surface area contributed by atoms with E-state index >= 15 is 0 Å². The Labute approximate surface area is 194 Å². The van der Waals surface area contributed by atoms with Crippen molar-refractivity contribution in [1.82, 2.24) is 5.32 Å². The maximum atomic E-state index is 13.1. The SMILES string of the molecule is Cc1cc(Cl)ccc1NC(=O)/C(=C\c1ccc2c(c1)OCO2)NC(=O)c1ccccc1Cl. The lowest BCUT2D eigenvalue weighted by molar-refractivity contribution is -0.113. The van der Waals surface area contributed by atoms with Gasteiger partial charge in [-0.1, -0.05) is 41.4 Å². The molecule has 0 radical (unpaired) electrons. The van der Waals surface area contributed by atoms with Crippen molar-refractivity contribution in [1.29, 1.82) is 0 Å². The first-order valence-corrected chi connectivity index (χ1v) is 10.4. The number of carbonyl (C=O) groups is 2. The molecular weight excluding hydrogens is 451 g/mol. The molecule has 2 amide bonds. The summed E-state index contributed by atoms with van der Waals surface area (Å²) < 4.78 is 10.7. The molecule has 0 atom stereocenters. The van der Waals surface area contributed by atoms with Crippen LogP contribution in [0.2, 0.25) is 10.0 Å². The van der Waals surface area contributed by atoms with Crippen LogP contribution in [-0.2, 0) is 4.79 Å². The fraction of sp³-hybridized carbons (Fsp3) is 0.0833. The Morgan fingerprint density at radius 1 is 0.969 bits per heavy atom. The summed E-state index contributed by atoms with van der Waals surface area (Å²) >= 11 is 12.2. The van der Waals surface area contributed by atoms with Crippen molar-refractivity contribution < 1.29 is 19.1 Å². The molecule has 0 fully saturated rings. The van der Waals surface area contributed by atoms with Gasteiger partial charge in [0, 0.05) is 10.7 Å². The molecule has 4 rings (SSSR count). The van der Waals surface area contributed by atoms with Gasteiger partial charge in [0.2, 0.25) is 6.79 Å². The van der Waals surface area contributed by atoms with E-state index < -0.39 is 11.8 Å². The minimum absolute atomic E-state index is 0.0307. The Balaban J connectivity index is 1.66. The lowest BCUT2D eigenvalue weighted by atomic mass is 10.1. The number of hydrogen-bond donors (Lipinski definition) is 2. The van der Waals surface area contributed by atoms with E-state index in [2.05, 4.69) is 10.6 Å². The number of rotatable bonds is 5. The number of hydrogen-bond acceptors (Lipinski definition) is 4. The van der Waals surface area contributed by atoms with Crippen LogP contribution in [0.25, 0.3) is 6.08 Å². The fourth-order valence-corrected chi connectivity index (χ4v) is 3.57. The predicted octanol–water partition coefficient (Wildman–Crippen LogP) is 5.44. The third-order valence-electron chi connectivity index (χ3n) is 4.76. The zero-order valence-electron chi connectivity index (χ0n) is 16.9. The Kier molecular flexibility index (Phi) is 6.35. The van der Waals surface area contributed by atoms with Gasteiger partial charge in [0.15, 0.2) is 11.5 Å². The van der Waals surface area contributed by atoms with E-state index in [0.717, 1.165) is 5.56 Å². The molecule has 0 saturated carbocycles. The molecule has 0 aliphatic carbocycles. The van der Waals surface area contributed by atoms with Crippen LogP contribution in [0, 0.1) is 6.92 Å².